The average molecular weight is 288 g/mol. The van der Waals surface area contributed by atoms with Gasteiger partial charge >= 0.3 is 0 Å². The Labute approximate surface area is 128 Å². The maximum Gasteiger partial charge on any atom is 0.129 e. The van der Waals surface area contributed by atoms with Crippen molar-refractivity contribution in [3.63, 3.8) is 0 Å². The monoisotopic (exact) mass is 288 g/mol. The summed E-state index contributed by atoms with van der Waals surface area (Å²) in [6.45, 7) is 10.1. The number of pyridine rings is 1. The quantitative estimate of drug-likeness (QED) is 0.920. The van der Waals surface area contributed by atoms with Gasteiger partial charge in [0.25, 0.3) is 0 Å². The van der Waals surface area contributed by atoms with Crippen LogP contribution in [-0.2, 0) is 6.54 Å². The second-order valence-electron chi connectivity index (χ2n) is 6.72. The van der Waals surface area contributed by atoms with Crippen LogP contribution in [0.3, 0.4) is 0 Å². The first kappa shape index (κ1) is 14.8. The standard InChI is InChI=1S/C17H28N4/c1-13(2)16-9-14(11-18-3)10-17(19-16)21-8-7-20-6-4-5-15(20)12-21/h9-10,13,15,18H,4-8,11-12H2,1-3H3. The number of rotatable bonds is 4. The molecular weight excluding hydrogens is 260 g/mol. The van der Waals surface area contributed by atoms with Crippen LogP contribution in [0.2, 0.25) is 0 Å². The zero-order valence-corrected chi connectivity index (χ0v) is 13.6. The van der Waals surface area contributed by atoms with E-state index in [9.17, 15) is 0 Å². The Morgan fingerprint density at radius 1 is 1.29 bits per heavy atom. The minimum atomic E-state index is 0.480. The summed E-state index contributed by atoms with van der Waals surface area (Å²) in [6, 6.07) is 5.26. The van der Waals surface area contributed by atoms with Gasteiger partial charge in [0.15, 0.2) is 0 Å². The summed E-state index contributed by atoms with van der Waals surface area (Å²) in [5.74, 6) is 1.66. The van der Waals surface area contributed by atoms with Gasteiger partial charge in [-0.2, -0.15) is 0 Å². The molecule has 1 aromatic heterocycles. The zero-order valence-electron chi connectivity index (χ0n) is 13.6. The molecule has 0 aromatic carbocycles. The highest BCUT2D eigenvalue weighted by Crippen LogP contribution is 2.26. The van der Waals surface area contributed by atoms with Crippen LogP contribution in [0.4, 0.5) is 5.82 Å². The number of aromatic nitrogens is 1. The third-order valence-corrected chi connectivity index (χ3v) is 4.78. The van der Waals surface area contributed by atoms with Crippen molar-refractivity contribution >= 4 is 5.82 Å². The van der Waals surface area contributed by atoms with E-state index in [1.54, 1.807) is 0 Å². The van der Waals surface area contributed by atoms with Crippen molar-refractivity contribution in [3.8, 4) is 0 Å². The third-order valence-electron chi connectivity index (χ3n) is 4.78. The predicted octanol–water partition coefficient (Wildman–Crippen LogP) is 2.21. The van der Waals surface area contributed by atoms with E-state index in [2.05, 4.69) is 41.1 Å². The Hall–Kier alpha value is -1.13. The Bertz CT molecular complexity index is 486. The Morgan fingerprint density at radius 2 is 2.14 bits per heavy atom. The van der Waals surface area contributed by atoms with Crippen molar-refractivity contribution in [2.45, 2.75) is 45.2 Å². The molecule has 2 fully saturated rings. The van der Waals surface area contributed by atoms with Crippen LogP contribution < -0.4 is 10.2 Å². The maximum atomic E-state index is 4.93. The van der Waals surface area contributed by atoms with Crippen molar-refractivity contribution in [2.75, 3.05) is 38.1 Å². The van der Waals surface area contributed by atoms with Gasteiger partial charge in [-0.1, -0.05) is 13.8 Å². The molecule has 1 unspecified atom stereocenters. The van der Waals surface area contributed by atoms with Gasteiger partial charge in [-0.25, -0.2) is 4.98 Å². The largest absolute Gasteiger partial charge is 0.354 e. The van der Waals surface area contributed by atoms with Crippen molar-refractivity contribution in [1.82, 2.24) is 15.2 Å². The van der Waals surface area contributed by atoms with E-state index in [-0.39, 0.29) is 0 Å². The van der Waals surface area contributed by atoms with Gasteiger partial charge in [0.1, 0.15) is 5.82 Å². The molecule has 4 heteroatoms. The fraction of sp³-hybridized carbons (Fsp3) is 0.706. The van der Waals surface area contributed by atoms with Crippen LogP contribution >= 0.6 is 0 Å². The molecule has 0 bridgehead atoms. The first-order valence-electron chi connectivity index (χ1n) is 8.32. The van der Waals surface area contributed by atoms with Gasteiger partial charge in [-0.15, -0.1) is 0 Å². The lowest BCUT2D eigenvalue weighted by molar-refractivity contribution is 0.230. The van der Waals surface area contributed by atoms with E-state index in [0.717, 1.165) is 25.7 Å². The maximum absolute atomic E-state index is 4.93. The summed E-state index contributed by atoms with van der Waals surface area (Å²) in [7, 11) is 2.01. The number of hydrogen-bond donors (Lipinski definition) is 1. The number of piperazine rings is 1. The number of nitrogens with zero attached hydrogens (tertiary/aromatic N) is 3. The van der Waals surface area contributed by atoms with Crippen molar-refractivity contribution in [1.29, 1.82) is 0 Å². The molecule has 21 heavy (non-hydrogen) atoms. The molecule has 1 aromatic rings. The average Bonchev–Trinajstić information content (AvgIpc) is 2.94. The summed E-state index contributed by atoms with van der Waals surface area (Å²) < 4.78 is 0. The highest BCUT2D eigenvalue weighted by molar-refractivity contribution is 5.44. The van der Waals surface area contributed by atoms with Crippen LogP contribution in [0, 0.1) is 0 Å². The van der Waals surface area contributed by atoms with Crippen LogP contribution in [0.5, 0.6) is 0 Å². The zero-order chi connectivity index (χ0) is 14.8. The summed E-state index contributed by atoms with van der Waals surface area (Å²) in [5.41, 5.74) is 2.56. The van der Waals surface area contributed by atoms with E-state index < -0.39 is 0 Å². The lowest BCUT2D eigenvalue weighted by atomic mass is 10.1. The lowest BCUT2D eigenvalue weighted by Crippen LogP contribution is -2.50. The number of fused-ring (bicyclic) bond motifs is 1. The molecule has 1 atom stereocenters. The van der Waals surface area contributed by atoms with E-state index in [0.29, 0.717) is 5.92 Å². The fourth-order valence-electron chi connectivity index (χ4n) is 3.56. The van der Waals surface area contributed by atoms with Gasteiger partial charge in [-0.05, 0) is 50.0 Å². The predicted molar refractivity (Wildman–Crippen MR) is 87.9 cm³/mol. The topological polar surface area (TPSA) is 31.4 Å². The highest BCUT2D eigenvalue weighted by atomic mass is 15.3. The number of anilines is 1. The van der Waals surface area contributed by atoms with Gasteiger partial charge in [0.05, 0.1) is 0 Å². The molecule has 116 valence electrons. The van der Waals surface area contributed by atoms with Crippen molar-refractivity contribution < 1.29 is 0 Å². The molecule has 3 rings (SSSR count). The fourth-order valence-corrected chi connectivity index (χ4v) is 3.56. The molecule has 2 aliphatic rings. The Kier molecular flexibility index (Phi) is 4.45. The van der Waals surface area contributed by atoms with Gasteiger partial charge in [-0.3, -0.25) is 4.90 Å². The normalized spacial score (nSPS) is 22.9. The van der Waals surface area contributed by atoms with Crippen LogP contribution in [0.1, 0.15) is 43.9 Å². The summed E-state index contributed by atoms with van der Waals surface area (Å²) in [4.78, 5) is 10.1. The number of nitrogens with one attached hydrogen (secondary N) is 1. The second-order valence-corrected chi connectivity index (χ2v) is 6.72. The molecule has 2 aliphatic heterocycles. The lowest BCUT2D eigenvalue weighted by Gasteiger charge is -2.38. The van der Waals surface area contributed by atoms with Gasteiger partial charge < -0.3 is 10.2 Å². The molecule has 0 radical (unpaired) electrons. The molecule has 2 saturated heterocycles. The molecule has 0 spiro atoms. The molecule has 1 N–H and O–H groups in total. The molecule has 4 nitrogen and oxygen atoms in total. The van der Waals surface area contributed by atoms with E-state index >= 15 is 0 Å². The summed E-state index contributed by atoms with van der Waals surface area (Å²) >= 11 is 0. The summed E-state index contributed by atoms with van der Waals surface area (Å²) in [6.07, 6.45) is 2.71. The first-order chi connectivity index (χ1) is 10.2. The highest BCUT2D eigenvalue weighted by Gasteiger charge is 2.31. The molecule has 0 saturated carbocycles. The van der Waals surface area contributed by atoms with Crippen LogP contribution in [0.15, 0.2) is 12.1 Å². The van der Waals surface area contributed by atoms with E-state index in [1.165, 1.54) is 43.0 Å². The Balaban J connectivity index is 1.83. The van der Waals surface area contributed by atoms with Gasteiger partial charge in [0, 0.05) is 37.9 Å². The van der Waals surface area contributed by atoms with Gasteiger partial charge in [0.2, 0.25) is 0 Å². The molecular formula is C17H28N4. The smallest absolute Gasteiger partial charge is 0.129 e. The SMILES string of the molecule is CNCc1cc(C(C)C)nc(N2CCN3CCCC3C2)c1. The molecule has 0 aliphatic carbocycles. The van der Waals surface area contributed by atoms with E-state index in [1.807, 2.05) is 7.05 Å². The third kappa shape index (κ3) is 3.22. The van der Waals surface area contributed by atoms with Crippen LogP contribution in [-0.4, -0.2) is 49.2 Å². The second kappa shape index (κ2) is 6.32. The number of hydrogen-bond acceptors (Lipinski definition) is 4. The minimum Gasteiger partial charge on any atom is -0.354 e. The summed E-state index contributed by atoms with van der Waals surface area (Å²) in [5, 5.41) is 3.26. The molecule has 0 amide bonds. The molecule has 3 heterocycles. The minimum absolute atomic E-state index is 0.480. The van der Waals surface area contributed by atoms with Crippen molar-refractivity contribution in [3.05, 3.63) is 23.4 Å². The Morgan fingerprint density at radius 3 is 2.90 bits per heavy atom. The van der Waals surface area contributed by atoms with Crippen LogP contribution in [0.25, 0.3) is 0 Å². The van der Waals surface area contributed by atoms with Crippen molar-refractivity contribution in [2.24, 2.45) is 0 Å². The first-order valence-corrected chi connectivity index (χ1v) is 8.32. The van der Waals surface area contributed by atoms with E-state index in [4.69, 9.17) is 4.98 Å².